The van der Waals surface area contributed by atoms with Crippen LogP contribution in [0.15, 0.2) is 170 Å². The van der Waals surface area contributed by atoms with Gasteiger partial charge in [-0.1, -0.05) is 97.1 Å². The van der Waals surface area contributed by atoms with Crippen LogP contribution >= 0.6 is 0 Å². The Morgan fingerprint density at radius 2 is 0.846 bits per heavy atom. The number of aromatic nitrogens is 5. The molecule has 10 rings (SSSR count). The Morgan fingerprint density at radius 3 is 1.33 bits per heavy atom. The Labute approximate surface area is 299 Å². The lowest BCUT2D eigenvalue weighted by molar-refractivity contribution is 1.11. The van der Waals surface area contributed by atoms with E-state index in [1.54, 1.807) is 0 Å². The summed E-state index contributed by atoms with van der Waals surface area (Å²) in [5, 5.41) is 15.6. The van der Waals surface area contributed by atoms with Gasteiger partial charge in [0, 0.05) is 45.1 Å². The van der Waals surface area contributed by atoms with Crippen LogP contribution in [0.25, 0.3) is 88.6 Å². The smallest absolute Gasteiger partial charge is 0.104 e. The zero-order valence-corrected chi connectivity index (χ0v) is 27.8. The molecule has 5 heterocycles. The fourth-order valence-corrected chi connectivity index (χ4v) is 7.61. The van der Waals surface area contributed by atoms with Gasteiger partial charge in [-0.3, -0.25) is 9.97 Å². The summed E-state index contributed by atoms with van der Waals surface area (Å²) in [6, 6.07) is 52.6. The molecule has 0 saturated carbocycles. The third-order valence-electron chi connectivity index (χ3n) is 9.94. The van der Waals surface area contributed by atoms with E-state index in [2.05, 4.69) is 110 Å². The number of para-hydroxylation sites is 2. The van der Waals surface area contributed by atoms with Crippen molar-refractivity contribution in [2.24, 2.45) is 0 Å². The predicted molar refractivity (Wildman–Crippen MR) is 210 cm³/mol. The molecule has 0 bridgehead atoms. The van der Waals surface area contributed by atoms with Gasteiger partial charge < -0.3 is 9.13 Å². The number of hydrogen-bond acceptors (Lipinski definition) is 4. The molecule has 242 valence electrons. The Hall–Kier alpha value is -7.36. The van der Waals surface area contributed by atoms with E-state index in [0.29, 0.717) is 5.56 Å². The van der Waals surface area contributed by atoms with Gasteiger partial charge in [-0.25, -0.2) is 4.98 Å². The van der Waals surface area contributed by atoms with E-state index in [0.717, 1.165) is 88.6 Å². The zero-order chi connectivity index (χ0) is 34.6. The van der Waals surface area contributed by atoms with Crippen LogP contribution in [0.5, 0.6) is 0 Å². The fourth-order valence-electron chi connectivity index (χ4n) is 7.61. The summed E-state index contributed by atoms with van der Waals surface area (Å²) in [4.78, 5) is 14.3. The molecule has 6 heteroatoms. The summed E-state index contributed by atoms with van der Waals surface area (Å²) >= 11 is 0. The standard InChI is InChI=1S/C46H28N6/c47-27-38-43(51-41-17-9-7-15-34(41)36-19-21-48-28-45(36)51)25-33(26-44(38)52-42-18-10-8-16-35(42)37-20-22-49-29-46(37)52)32-23-39(30-11-3-1-4-12-30)50-40(24-32)31-13-5-2-6-14-31/h1-26,28-29H. The largest absolute Gasteiger partial charge is 0.306 e. The van der Waals surface area contributed by atoms with E-state index in [1.807, 2.05) is 85.5 Å². The molecule has 5 aromatic carbocycles. The summed E-state index contributed by atoms with van der Waals surface area (Å²) in [5.74, 6) is 0. The van der Waals surface area contributed by atoms with Gasteiger partial charge in [-0.15, -0.1) is 0 Å². The molecule has 0 fully saturated rings. The average Bonchev–Trinajstić information content (AvgIpc) is 3.74. The molecule has 10 aromatic rings. The molecule has 0 atom stereocenters. The molecule has 0 amide bonds. The summed E-state index contributed by atoms with van der Waals surface area (Å²) in [7, 11) is 0. The van der Waals surface area contributed by atoms with E-state index in [-0.39, 0.29) is 0 Å². The second kappa shape index (κ2) is 11.9. The number of hydrogen-bond donors (Lipinski definition) is 0. The normalized spacial score (nSPS) is 11.4. The Kier molecular flexibility index (Phi) is 6.76. The molecule has 0 aliphatic rings. The first kappa shape index (κ1) is 29.5. The van der Waals surface area contributed by atoms with Gasteiger partial charge in [0.15, 0.2) is 0 Å². The summed E-state index contributed by atoms with van der Waals surface area (Å²) in [6.45, 7) is 0. The lowest BCUT2D eigenvalue weighted by Crippen LogP contribution is -2.05. The van der Waals surface area contributed by atoms with Gasteiger partial charge in [0.05, 0.1) is 57.2 Å². The Bertz CT molecular complexity index is 2720. The predicted octanol–water partition coefficient (Wildman–Crippen LogP) is 10.9. The van der Waals surface area contributed by atoms with Gasteiger partial charge in [0.2, 0.25) is 0 Å². The van der Waals surface area contributed by atoms with E-state index < -0.39 is 0 Å². The molecule has 0 N–H and O–H groups in total. The van der Waals surface area contributed by atoms with Crippen LogP contribution in [0.4, 0.5) is 0 Å². The van der Waals surface area contributed by atoms with Crippen molar-refractivity contribution >= 4 is 43.6 Å². The van der Waals surface area contributed by atoms with Crippen molar-refractivity contribution in [2.45, 2.75) is 0 Å². The van der Waals surface area contributed by atoms with Gasteiger partial charge in [-0.05, 0) is 59.7 Å². The minimum absolute atomic E-state index is 0.544. The molecule has 5 aromatic heterocycles. The number of fused-ring (bicyclic) bond motifs is 6. The average molecular weight is 665 g/mol. The van der Waals surface area contributed by atoms with E-state index >= 15 is 0 Å². The second-order valence-corrected chi connectivity index (χ2v) is 12.9. The van der Waals surface area contributed by atoms with Crippen LogP contribution in [0.2, 0.25) is 0 Å². The number of pyridine rings is 3. The molecule has 0 unspecified atom stereocenters. The van der Waals surface area contributed by atoms with Gasteiger partial charge in [-0.2, -0.15) is 5.26 Å². The van der Waals surface area contributed by atoms with Gasteiger partial charge >= 0.3 is 0 Å². The minimum atomic E-state index is 0.544. The van der Waals surface area contributed by atoms with E-state index in [1.165, 1.54) is 0 Å². The molecule has 0 aliphatic heterocycles. The molecule has 0 saturated heterocycles. The lowest BCUT2D eigenvalue weighted by Gasteiger charge is -2.19. The second-order valence-electron chi connectivity index (χ2n) is 12.9. The molecule has 6 nitrogen and oxygen atoms in total. The minimum Gasteiger partial charge on any atom is -0.306 e. The van der Waals surface area contributed by atoms with Crippen molar-refractivity contribution in [3.05, 3.63) is 176 Å². The van der Waals surface area contributed by atoms with E-state index in [9.17, 15) is 5.26 Å². The molecule has 0 aliphatic carbocycles. The maximum Gasteiger partial charge on any atom is 0.104 e. The van der Waals surface area contributed by atoms with Crippen LogP contribution in [0.3, 0.4) is 0 Å². The molecule has 0 radical (unpaired) electrons. The highest BCUT2D eigenvalue weighted by Crippen LogP contribution is 2.40. The van der Waals surface area contributed by atoms with Crippen LogP contribution in [-0.4, -0.2) is 24.1 Å². The van der Waals surface area contributed by atoms with Crippen LogP contribution in [0.1, 0.15) is 5.56 Å². The van der Waals surface area contributed by atoms with E-state index in [4.69, 9.17) is 4.98 Å². The summed E-state index contributed by atoms with van der Waals surface area (Å²) in [5.41, 5.74) is 11.6. The topological polar surface area (TPSA) is 72.3 Å². The zero-order valence-electron chi connectivity index (χ0n) is 27.8. The summed E-state index contributed by atoms with van der Waals surface area (Å²) in [6.07, 6.45) is 7.43. The highest BCUT2D eigenvalue weighted by Gasteiger charge is 2.23. The monoisotopic (exact) mass is 664 g/mol. The summed E-state index contributed by atoms with van der Waals surface area (Å²) < 4.78 is 4.37. The van der Waals surface area contributed by atoms with Crippen LogP contribution in [0, 0.1) is 11.3 Å². The quantitative estimate of drug-likeness (QED) is 0.184. The fraction of sp³-hybridized carbons (Fsp3) is 0. The van der Waals surface area contributed by atoms with Crippen molar-refractivity contribution in [1.29, 1.82) is 5.26 Å². The first-order valence-electron chi connectivity index (χ1n) is 17.2. The number of nitriles is 1. The highest BCUT2D eigenvalue weighted by atomic mass is 15.0. The number of benzene rings is 5. The van der Waals surface area contributed by atoms with Crippen molar-refractivity contribution < 1.29 is 0 Å². The lowest BCUT2D eigenvalue weighted by atomic mass is 9.97. The molecular weight excluding hydrogens is 637 g/mol. The van der Waals surface area contributed by atoms with Crippen LogP contribution in [-0.2, 0) is 0 Å². The van der Waals surface area contributed by atoms with Crippen molar-refractivity contribution in [1.82, 2.24) is 24.1 Å². The number of nitrogens with zero attached hydrogens (tertiary/aromatic N) is 6. The van der Waals surface area contributed by atoms with Gasteiger partial charge in [0.1, 0.15) is 11.6 Å². The number of rotatable bonds is 5. The molecule has 0 spiro atoms. The Balaban J connectivity index is 1.36. The van der Waals surface area contributed by atoms with Crippen molar-refractivity contribution in [2.75, 3.05) is 0 Å². The first-order valence-corrected chi connectivity index (χ1v) is 17.2. The third kappa shape index (κ3) is 4.61. The Morgan fingerprint density at radius 1 is 0.423 bits per heavy atom. The highest BCUT2D eigenvalue weighted by molar-refractivity contribution is 6.11. The van der Waals surface area contributed by atoms with Crippen molar-refractivity contribution in [3.8, 4) is 51.1 Å². The SMILES string of the molecule is N#Cc1c(-n2c3ccccc3c3ccncc32)cc(-c2cc(-c3ccccc3)nc(-c3ccccc3)c2)cc1-n1c2ccccc2c2ccncc21. The maximum absolute atomic E-state index is 11.2. The molecular formula is C46H28N6. The van der Waals surface area contributed by atoms with Crippen molar-refractivity contribution in [3.63, 3.8) is 0 Å². The maximum atomic E-state index is 11.2. The molecule has 52 heavy (non-hydrogen) atoms. The third-order valence-corrected chi connectivity index (χ3v) is 9.94. The van der Waals surface area contributed by atoms with Gasteiger partial charge in [0.25, 0.3) is 0 Å². The first-order chi connectivity index (χ1) is 25.8. The van der Waals surface area contributed by atoms with Crippen LogP contribution < -0.4 is 0 Å².